The lowest BCUT2D eigenvalue weighted by Gasteiger charge is -2.19. The summed E-state index contributed by atoms with van der Waals surface area (Å²) in [4.78, 5) is 0. The molecule has 106 valence electrons. The zero-order valence-electron chi connectivity index (χ0n) is 12.7. The molecule has 0 aliphatic heterocycles. The number of benzene rings is 3. The molecule has 2 N–H and O–H groups in total. The van der Waals surface area contributed by atoms with Gasteiger partial charge >= 0.3 is 0 Å². The minimum absolute atomic E-state index is 0.0596. The molecule has 0 bridgehead atoms. The van der Waals surface area contributed by atoms with E-state index in [-0.39, 0.29) is 11.5 Å². The molecule has 0 heterocycles. The summed E-state index contributed by atoms with van der Waals surface area (Å²) in [5.41, 5.74) is 3.97. The Morgan fingerprint density at radius 3 is 2.14 bits per heavy atom. The monoisotopic (exact) mass is 306 g/mol. The Hall–Kier alpha value is -2.00. The van der Waals surface area contributed by atoms with Crippen LogP contribution in [-0.2, 0) is 0 Å². The van der Waals surface area contributed by atoms with Gasteiger partial charge in [0.2, 0.25) is 0 Å². The molecule has 0 saturated heterocycles. The topological polar surface area (TPSA) is 40.5 Å². The van der Waals surface area contributed by atoms with Crippen molar-refractivity contribution in [2.24, 2.45) is 0 Å². The molecule has 0 fully saturated rings. The molecule has 0 atom stereocenters. The van der Waals surface area contributed by atoms with Crippen molar-refractivity contribution in [1.82, 2.24) is 0 Å². The highest BCUT2D eigenvalue weighted by Crippen LogP contribution is 2.34. The van der Waals surface area contributed by atoms with E-state index in [9.17, 15) is 10.2 Å². The third kappa shape index (κ3) is 2.08. The maximum absolute atomic E-state index is 10.2. The van der Waals surface area contributed by atoms with Crippen molar-refractivity contribution in [2.75, 3.05) is 0 Å². The van der Waals surface area contributed by atoms with E-state index < -0.39 is 0 Å². The van der Waals surface area contributed by atoms with Crippen LogP contribution in [0.1, 0.15) is 0 Å². The number of fused-ring (bicyclic) bond motifs is 1. The van der Waals surface area contributed by atoms with Gasteiger partial charge in [0, 0.05) is 5.39 Å². The van der Waals surface area contributed by atoms with Crippen LogP contribution in [-0.4, -0.2) is 33.8 Å². The lowest BCUT2D eigenvalue weighted by molar-refractivity contribution is 0.410. The first-order valence-electron chi connectivity index (χ1n) is 7.12. The summed E-state index contributed by atoms with van der Waals surface area (Å²) in [6, 6.07) is 11.9. The van der Waals surface area contributed by atoms with Crippen LogP contribution in [0.2, 0.25) is 5.02 Å². The lowest BCUT2D eigenvalue weighted by Crippen LogP contribution is -2.33. The number of hydrogen-bond donors (Lipinski definition) is 2. The Bertz CT molecular complexity index is 881. The number of phenols is 2. The SMILES string of the molecule is Bc1c(B)c(-c2ccc3ccccc3c2Cl)c(B)c(O)c1O. The second-order valence-electron chi connectivity index (χ2n) is 5.60. The van der Waals surface area contributed by atoms with Gasteiger partial charge in [0.15, 0.2) is 5.75 Å². The fraction of sp³-hybridized carbons (Fsp3) is 0. The van der Waals surface area contributed by atoms with Gasteiger partial charge < -0.3 is 10.2 Å². The van der Waals surface area contributed by atoms with Gasteiger partial charge in [-0.1, -0.05) is 53.5 Å². The summed E-state index contributed by atoms with van der Waals surface area (Å²) < 4.78 is 0. The molecule has 0 amide bonds. The number of aromatic hydroxyl groups is 2. The van der Waals surface area contributed by atoms with Crippen LogP contribution in [0.3, 0.4) is 0 Å². The zero-order valence-corrected chi connectivity index (χ0v) is 13.5. The third-order valence-electron chi connectivity index (χ3n) is 4.38. The summed E-state index contributed by atoms with van der Waals surface area (Å²) in [5, 5.41) is 22.9. The molecule has 0 aromatic heterocycles. The molecular weight excluding hydrogens is 292 g/mol. The van der Waals surface area contributed by atoms with Crippen molar-refractivity contribution in [3.05, 3.63) is 41.4 Å². The Kier molecular flexibility index (Phi) is 3.61. The number of hydrogen-bond acceptors (Lipinski definition) is 2. The van der Waals surface area contributed by atoms with Crippen LogP contribution in [0.5, 0.6) is 11.5 Å². The summed E-state index contributed by atoms with van der Waals surface area (Å²) in [5.74, 6) is -0.141. The van der Waals surface area contributed by atoms with Crippen LogP contribution in [0.4, 0.5) is 0 Å². The normalized spacial score (nSPS) is 11.0. The van der Waals surface area contributed by atoms with E-state index in [1.807, 2.05) is 44.2 Å². The van der Waals surface area contributed by atoms with Crippen LogP contribution in [0, 0.1) is 0 Å². The van der Waals surface area contributed by atoms with E-state index in [2.05, 4.69) is 0 Å². The van der Waals surface area contributed by atoms with E-state index in [1.165, 1.54) is 0 Å². The van der Waals surface area contributed by atoms with Gasteiger partial charge in [0.1, 0.15) is 29.3 Å². The van der Waals surface area contributed by atoms with Gasteiger partial charge in [-0.3, -0.25) is 0 Å². The molecule has 0 spiro atoms. The highest BCUT2D eigenvalue weighted by Gasteiger charge is 2.19. The zero-order chi connectivity index (χ0) is 16.0. The summed E-state index contributed by atoms with van der Waals surface area (Å²) in [6.07, 6.45) is 0. The molecule has 0 aliphatic rings. The molecule has 3 aromatic carbocycles. The molecule has 6 heteroatoms. The molecule has 0 radical (unpaired) electrons. The number of halogens is 1. The number of phenolic OH excluding ortho intramolecular Hbond substituents is 2. The Morgan fingerprint density at radius 1 is 0.773 bits per heavy atom. The fourth-order valence-electron chi connectivity index (χ4n) is 2.95. The van der Waals surface area contributed by atoms with E-state index in [1.54, 1.807) is 15.7 Å². The summed E-state index contributed by atoms with van der Waals surface area (Å²) in [6.45, 7) is 0. The Morgan fingerprint density at radius 2 is 1.41 bits per heavy atom. The van der Waals surface area contributed by atoms with Crippen molar-refractivity contribution in [3.8, 4) is 22.6 Å². The molecule has 0 saturated carbocycles. The van der Waals surface area contributed by atoms with Gasteiger partial charge in [-0.15, -0.1) is 0 Å². The second-order valence-corrected chi connectivity index (χ2v) is 5.97. The number of rotatable bonds is 1. The molecule has 0 unspecified atom stereocenters. The van der Waals surface area contributed by atoms with Gasteiger partial charge in [-0.25, -0.2) is 0 Å². The molecule has 2 nitrogen and oxygen atoms in total. The molecular formula is C16H14B3ClO2. The highest BCUT2D eigenvalue weighted by atomic mass is 35.5. The molecule has 0 aliphatic carbocycles. The fourth-order valence-corrected chi connectivity index (χ4v) is 3.28. The van der Waals surface area contributed by atoms with Crippen LogP contribution in [0.15, 0.2) is 36.4 Å². The average Bonchev–Trinajstić information content (AvgIpc) is 2.53. The van der Waals surface area contributed by atoms with Crippen LogP contribution < -0.4 is 16.4 Å². The lowest BCUT2D eigenvalue weighted by atomic mass is 9.70. The van der Waals surface area contributed by atoms with Crippen molar-refractivity contribution < 1.29 is 10.2 Å². The smallest absolute Gasteiger partial charge is 0.150 e. The first kappa shape index (κ1) is 14.9. The Balaban J connectivity index is 2.40. The standard InChI is InChI=1S/C16H14B3ClO2/c17-11-10(12(18)15(21)16(22)13(11)19)9-6-5-7-3-1-2-4-8(7)14(9)20/h1-6,21-22H,17-19H2. The van der Waals surface area contributed by atoms with E-state index >= 15 is 0 Å². The quantitative estimate of drug-likeness (QED) is 0.463. The van der Waals surface area contributed by atoms with Gasteiger partial charge in [0.25, 0.3) is 0 Å². The van der Waals surface area contributed by atoms with E-state index in [0.717, 1.165) is 27.4 Å². The van der Waals surface area contributed by atoms with E-state index in [0.29, 0.717) is 15.9 Å². The summed E-state index contributed by atoms with van der Waals surface area (Å²) >= 11 is 6.62. The maximum Gasteiger partial charge on any atom is 0.150 e. The molecule has 3 rings (SSSR count). The maximum atomic E-state index is 10.2. The van der Waals surface area contributed by atoms with E-state index in [4.69, 9.17) is 11.6 Å². The highest BCUT2D eigenvalue weighted by molar-refractivity contribution is 6.56. The predicted octanol–water partition coefficient (Wildman–Crippen LogP) is -0.653. The third-order valence-corrected chi connectivity index (χ3v) is 4.79. The van der Waals surface area contributed by atoms with Crippen molar-refractivity contribution >= 4 is 62.3 Å². The minimum Gasteiger partial charge on any atom is -0.505 e. The average molecular weight is 306 g/mol. The molecule has 22 heavy (non-hydrogen) atoms. The first-order valence-corrected chi connectivity index (χ1v) is 7.50. The van der Waals surface area contributed by atoms with Gasteiger partial charge in [-0.2, -0.15) is 0 Å². The van der Waals surface area contributed by atoms with Crippen LogP contribution in [0.25, 0.3) is 21.9 Å². The van der Waals surface area contributed by atoms with Gasteiger partial charge in [-0.05, 0) is 27.4 Å². The first-order chi connectivity index (χ1) is 10.4. The second kappa shape index (κ2) is 5.33. The Labute approximate surface area is 137 Å². The van der Waals surface area contributed by atoms with Crippen molar-refractivity contribution in [3.63, 3.8) is 0 Å². The predicted molar refractivity (Wildman–Crippen MR) is 102 cm³/mol. The minimum atomic E-state index is -0.0812. The largest absolute Gasteiger partial charge is 0.505 e. The van der Waals surface area contributed by atoms with Gasteiger partial charge in [0.05, 0.1) is 5.02 Å². The van der Waals surface area contributed by atoms with Crippen molar-refractivity contribution in [2.45, 2.75) is 0 Å². The van der Waals surface area contributed by atoms with Crippen LogP contribution >= 0.6 is 11.6 Å². The summed E-state index contributed by atoms with van der Waals surface area (Å²) in [7, 11) is 5.52. The van der Waals surface area contributed by atoms with Crippen molar-refractivity contribution in [1.29, 1.82) is 0 Å². The molecule has 3 aromatic rings.